The summed E-state index contributed by atoms with van der Waals surface area (Å²) in [7, 11) is 0. The molecular formula is C14H19NO3. The monoisotopic (exact) mass is 249 g/mol. The topological polar surface area (TPSA) is 49.8 Å². The van der Waals surface area contributed by atoms with E-state index in [0.29, 0.717) is 19.7 Å². The van der Waals surface area contributed by atoms with Crippen molar-refractivity contribution in [3.8, 4) is 5.75 Å². The summed E-state index contributed by atoms with van der Waals surface area (Å²) in [6.45, 7) is 6.78. The molecule has 1 aromatic rings. The number of rotatable bonds is 5. The lowest BCUT2D eigenvalue weighted by Crippen LogP contribution is -2.51. The molecule has 0 bridgehead atoms. The van der Waals surface area contributed by atoms with Gasteiger partial charge in [0.2, 0.25) is 0 Å². The third-order valence-electron chi connectivity index (χ3n) is 3.18. The largest absolute Gasteiger partial charge is 0.492 e. The molecule has 0 atom stereocenters. The van der Waals surface area contributed by atoms with E-state index in [1.54, 1.807) is 0 Å². The zero-order valence-corrected chi connectivity index (χ0v) is 10.8. The van der Waals surface area contributed by atoms with Crippen molar-refractivity contribution in [1.82, 2.24) is 4.90 Å². The van der Waals surface area contributed by atoms with Crippen LogP contribution < -0.4 is 4.74 Å². The van der Waals surface area contributed by atoms with Crippen LogP contribution in [0.4, 0.5) is 0 Å². The molecule has 18 heavy (non-hydrogen) atoms. The highest BCUT2D eigenvalue weighted by molar-refractivity contribution is 5.71. The molecule has 4 nitrogen and oxygen atoms in total. The zero-order valence-electron chi connectivity index (χ0n) is 10.8. The normalized spacial score (nSPS) is 16.3. The number of aliphatic carboxylic acids is 1. The summed E-state index contributed by atoms with van der Waals surface area (Å²) >= 11 is 0. The summed E-state index contributed by atoms with van der Waals surface area (Å²) in [5.41, 5.74) is 2.39. The fraction of sp³-hybridized carbons (Fsp3) is 0.500. The number of carbonyl (C=O) groups is 1. The fourth-order valence-corrected chi connectivity index (χ4v) is 2.22. The molecule has 1 N–H and O–H groups in total. The SMILES string of the molecule is Cc1cc(C)cc(OCCN2CC(C(=O)O)C2)c1. The number of likely N-dealkylation sites (tertiary alicyclic amines) is 1. The first-order chi connectivity index (χ1) is 8.54. The van der Waals surface area contributed by atoms with Crippen LogP contribution in [0.1, 0.15) is 11.1 Å². The second-order valence-corrected chi connectivity index (χ2v) is 4.97. The van der Waals surface area contributed by atoms with Gasteiger partial charge in [-0.15, -0.1) is 0 Å². The van der Waals surface area contributed by atoms with Crippen molar-refractivity contribution < 1.29 is 14.6 Å². The summed E-state index contributed by atoms with van der Waals surface area (Å²) in [4.78, 5) is 12.7. The van der Waals surface area contributed by atoms with Gasteiger partial charge in [0, 0.05) is 19.6 Å². The highest BCUT2D eigenvalue weighted by atomic mass is 16.5. The van der Waals surface area contributed by atoms with Gasteiger partial charge in [0.05, 0.1) is 5.92 Å². The Bertz CT molecular complexity index is 418. The molecule has 2 rings (SSSR count). The second kappa shape index (κ2) is 5.40. The first-order valence-electron chi connectivity index (χ1n) is 6.21. The van der Waals surface area contributed by atoms with Gasteiger partial charge in [-0.1, -0.05) is 6.07 Å². The quantitative estimate of drug-likeness (QED) is 0.863. The minimum Gasteiger partial charge on any atom is -0.492 e. The van der Waals surface area contributed by atoms with E-state index < -0.39 is 5.97 Å². The van der Waals surface area contributed by atoms with Crippen molar-refractivity contribution >= 4 is 5.97 Å². The number of aryl methyl sites for hydroxylation is 2. The molecule has 0 aliphatic carbocycles. The Morgan fingerprint density at radius 3 is 2.50 bits per heavy atom. The Morgan fingerprint density at radius 2 is 1.94 bits per heavy atom. The Balaban J connectivity index is 1.71. The van der Waals surface area contributed by atoms with E-state index in [1.165, 1.54) is 11.1 Å². The van der Waals surface area contributed by atoms with E-state index in [1.807, 2.05) is 26.0 Å². The van der Waals surface area contributed by atoms with Gasteiger partial charge in [-0.25, -0.2) is 0 Å². The Kier molecular flexibility index (Phi) is 3.87. The Hall–Kier alpha value is -1.55. The molecule has 4 heteroatoms. The molecule has 0 unspecified atom stereocenters. The van der Waals surface area contributed by atoms with E-state index in [-0.39, 0.29) is 5.92 Å². The van der Waals surface area contributed by atoms with Crippen LogP contribution in [0.2, 0.25) is 0 Å². The number of hydrogen-bond donors (Lipinski definition) is 1. The molecule has 1 heterocycles. The number of carboxylic acid groups (broad SMARTS) is 1. The molecule has 1 aliphatic rings. The standard InChI is InChI=1S/C14H19NO3/c1-10-5-11(2)7-13(6-10)18-4-3-15-8-12(9-15)14(16)17/h5-7,12H,3-4,8-9H2,1-2H3,(H,16,17). The van der Waals surface area contributed by atoms with Crippen molar-refractivity contribution in [2.75, 3.05) is 26.2 Å². The third-order valence-corrected chi connectivity index (χ3v) is 3.18. The van der Waals surface area contributed by atoms with Crippen LogP contribution in [0.5, 0.6) is 5.75 Å². The first kappa shape index (κ1) is 12.9. The number of benzene rings is 1. The summed E-state index contributed by atoms with van der Waals surface area (Å²) in [6.07, 6.45) is 0. The van der Waals surface area contributed by atoms with Crippen molar-refractivity contribution in [3.63, 3.8) is 0 Å². The van der Waals surface area contributed by atoms with Crippen LogP contribution in [-0.2, 0) is 4.79 Å². The lowest BCUT2D eigenvalue weighted by molar-refractivity contribution is -0.147. The molecular weight excluding hydrogens is 230 g/mol. The molecule has 1 fully saturated rings. The summed E-state index contributed by atoms with van der Waals surface area (Å²) in [5, 5.41) is 8.76. The van der Waals surface area contributed by atoms with Crippen molar-refractivity contribution in [2.45, 2.75) is 13.8 Å². The van der Waals surface area contributed by atoms with Crippen LogP contribution in [-0.4, -0.2) is 42.2 Å². The minimum absolute atomic E-state index is 0.189. The molecule has 98 valence electrons. The van der Waals surface area contributed by atoms with Crippen molar-refractivity contribution in [1.29, 1.82) is 0 Å². The van der Waals surface area contributed by atoms with Crippen LogP contribution >= 0.6 is 0 Å². The first-order valence-corrected chi connectivity index (χ1v) is 6.21. The van der Waals surface area contributed by atoms with E-state index >= 15 is 0 Å². The summed E-state index contributed by atoms with van der Waals surface area (Å²) in [5.74, 6) is 0.00972. The molecule has 0 saturated carbocycles. The molecule has 0 aromatic heterocycles. The maximum Gasteiger partial charge on any atom is 0.309 e. The van der Waals surface area contributed by atoms with E-state index in [4.69, 9.17) is 9.84 Å². The minimum atomic E-state index is -0.693. The number of hydrogen-bond acceptors (Lipinski definition) is 3. The molecule has 1 aliphatic heterocycles. The Morgan fingerprint density at radius 1 is 1.33 bits per heavy atom. The van der Waals surface area contributed by atoms with E-state index in [2.05, 4.69) is 11.0 Å². The van der Waals surface area contributed by atoms with Crippen molar-refractivity contribution in [3.05, 3.63) is 29.3 Å². The highest BCUT2D eigenvalue weighted by Crippen LogP contribution is 2.17. The lowest BCUT2D eigenvalue weighted by Gasteiger charge is -2.36. The van der Waals surface area contributed by atoms with Crippen LogP contribution in [0, 0.1) is 19.8 Å². The molecule has 1 saturated heterocycles. The van der Waals surface area contributed by atoms with Gasteiger partial charge in [0.15, 0.2) is 0 Å². The smallest absolute Gasteiger partial charge is 0.309 e. The van der Waals surface area contributed by atoms with E-state index in [0.717, 1.165) is 12.3 Å². The van der Waals surface area contributed by atoms with Crippen LogP contribution in [0.3, 0.4) is 0 Å². The fourth-order valence-electron chi connectivity index (χ4n) is 2.22. The molecule has 0 amide bonds. The summed E-state index contributed by atoms with van der Waals surface area (Å²) in [6, 6.07) is 6.14. The third kappa shape index (κ3) is 3.23. The molecule has 1 aromatic carbocycles. The van der Waals surface area contributed by atoms with Gasteiger partial charge in [0.25, 0.3) is 0 Å². The van der Waals surface area contributed by atoms with Gasteiger partial charge in [0.1, 0.15) is 12.4 Å². The van der Waals surface area contributed by atoms with Gasteiger partial charge < -0.3 is 9.84 Å². The highest BCUT2D eigenvalue weighted by Gasteiger charge is 2.31. The number of carboxylic acids is 1. The van der Waals surface area contributed by atoms with Gasteiger partial charge in [-0.05, 0) is 37.1 Å². The predicted molar refractivity (Wildman–Crippen MR) is 69.0 cm³/mol. The van der Waals surface area contributed by atoms with Gasteiger partial charge in [-0.2, -0.15) is 0 Å². The van der Waals surface area contributed by atoms with Crippen LogP contribution in [0.15, 0.2) is 18.2 Å². The van der Waals surface area contributed by atoms with Gasteiger partial charge >= 0.3 is 5.97 Å². The van der Waals surface area contributed by atoms with Crippen LogP contribution in [0.25, 0.3) is 0 Å². The average Bonchev–Trinajstić information content (AvgIpc) is 2.19. The average molecular weight is 249 g/mol. The van der Waals surface area contributed by atoms with Gasteiger partial charge in [-0.3, -0.25) is 9.69 Å². The number of ether oxygens (including phenoxy) is 1. The lowest BCUT2D eigenvalue weighted by atomic mass is 10.0. The van der Waals surface area contributed by atoms with Crippen molar-refractivity contribution in [2.24, 2.45) is 5.92 Å². The number of nitrogens with zero attached hydrogens (tertiary/aromatic N) is 1. The Labute approximate surface area is 107 Å². The van der Waals surface area contributed by atoms with E-state index in [9.17, 15) is 4.79 Å². The maximum atomic E-state index is 10.6. The predicted octanol–water partition coefficient (Wildman–Crippen LogP) is 1.70. The zero-order chi connectivity index (χ0) is 13.1. The summed E-state index contributed by atoms with van der Waals surface area (Å²) < 4.78 is 5.68. The molecule has 0 radical (unpaired) electrons. The molecule has 0 spiro atoms. The maximum absolute atomic E-state index is 10.6. The second-order valence-electron chi connectivity index (χ2n) is 4.97.